The summed E-state index contributed by atoms with van der Waals surface area (Å²) in [4.78, 5) is 0. The molecule has 3 nitrogen and oxygen atoms in total. The van der Waals surface area contributed by atoms with Gasteiger partial charge in [-0.05, 0) is 53.6 Å². The van der Waals surface area contributed by atoms with E-state index >= 15 is 0 Å². The van der Waals surface area contributed by atoms with Crippen LogP contribution in [-0.2, 0) is 0 Å². The number of nitriles is 3. The van der Waals surface area contributed by atoms with Gasteiger partial charge in [-0.15, -0.1) is 22.7 Å². The van der Waals surface area contributed by atoms with E-state index in [0.29, 0.717) is 22.3 Å². The van der Waals surface area contributed by atoms with Crippen LogP contribution in [-0.4, -0.2) is 0 Å². The summed E-state index contributed by atoms with van der Waals surface area (Å²) >= 11 is 3.45. The predicted molar refractivity (Wildman–Crippen MR) is 183 cm³/mol. The Morgan fingerprint density at radius 1 is 0.432 bits per heavy atom. The summed E-state index contributed by atoms with van der Waals surface area (Å²) in [7, 11) is 0. The molecule has 5 heteroatoms. The Morgan fingerprint density at radius 3 is 1.77 bits per heavy atom. The standard InChI is InChI=1S/C39H19N3S2/c40-20-24-7-5-8-25(21-41)38(24)26-17-32(23-15-16-29-27-9-1-3-13-35(27)43-37(29)19-23)34(22-42)33(18-26)31-12-6-11-30-28-10-2-4-14-36(28)44-39(30)31/h1-19H. The molecular formula is C39H19N3S2. The monoisotopic (exact) mass is 593 g/mol. The smallest absolute Gasteiger partial charge is 0.100 e. The maximum Gasteiger partial charge on any atom is 0.100 e. The normalized spacial score (nSPS) is 11.1. The van der Waals surface area contributed by atoms with Gasteiger partial charge in [0.05, 0.1) is 28.8 Å². The minimum absolute atomic E-state index is 0.422. The van der Waals surface area contributed by atoms with Crippen LogP contribution in [0.15, 0.2) is 115 Å². The molecule has 0 aliphatic rings. The van der Waals surface area contributed by atoms with Gasteiger partial charge in [0.15, 0.2) is 0 Å². The Morgan fingerprint density at radius 2 is 1.05 bits per heavy atom. The molecule has 0 spiro atoms. The van der Waals surface area contributed by atoms with Crippen molar-refractivity contribution in [3.8, 4) is 51.6 Å². The van der Waals surface area contributed by atoms with Crippen LogP contribution in [0.4, 0.5) is 0 Å². The lowest BCUT2D eigenvalue weighted by Gasteiger charge is -2.16. The molecule has 0 bridgehead atoms. The van der Waals surface area contributed by atoms with Crippen molar-refractivity contribution in [2.75, 3.05) is 0 Å². The highest BCUT2D eigenvalue weighted by Gasteiger charge is 2.21. The van der Waals surface area contributed by atoms with Crippen LogP contribution in [0.5, 0.6) is 0 Å². The van der Waals surface area contributed by atoms with Gasteiger partial charge in [-0.3, -0.25) is 0 Å². The SMILES string of the molecule is N#Cc1cccc(C#N)c1-c1cc(-c2ccc3c(c2)sc2ccccc23)c(C#N)c(-c2cccc3c2sc2ccccc23)c1. The maximum atomic E-state index is 10.8. The molecule has 0 unspecified atom stereocenters. The molecule has 202 valence electrons. The van der Waals surface area contributed by atoms with Crippen molar-refractivity contribution in [2.24, 2.45) is 0 Å². The highest BCUT2D eigenvalue weighted by atomic mass is 32.1. The van der Waals surface area contributed by atoms with Gasteiger partial charge in [-0.1, -0.05) is 72.8 Å². The highest BCUT2D eigenvalue weighted by molar-refractivity contribution is 7.26. The van der Waals surface area contributed by atoms with Crippen LogP contribution >= 0.6 is 22.7 Å². The number of thiophene rings is 2. The summed E-state index contributed by atoms with van der Waals surface area (Å²) in [6.45, 7) is 0. The van der Waals surface area contributed by atoms with Crippen molar-refractivity contribution < 1.29 is 0 Å². The zero-order valence-electron chi connectivity index (χ0n) is 23.1. The third-order valence-electron chi connectivity index (χ3n) is 8.23. The third-order valence-corrected chi connectivity index (χ3v) is 10.6. The van der Waals surface area contributed by atoms with E-state index in [9.17, 15) is 15.8 Å². The molecule has 0 N–H and O–H groups in total. The summed E-state index contributed by atoms with van der Waals surface area (Å²) < 4.78 is 4.64. The van der Waals surface area contributed by atoms with Gasteiger partial charge in [0.1, 0.15) is 6.07 Å². The third kappa shape index (κ3) is 3.91. The molecule has 0 atom stereocenters. The second kappa shape index (κ2) is 10.2. The summed E-state index contributed by atoms with van der Waals surface area (Å²) in [5, 5.41) is 35.6. The summed E-state index contributed by atoms with van der Waals surface area (Å²) in [6, 6.07) is 45.6. The molecule has 44 heavy (non-hydrogen) atoms. The van der Waals surface area contributed by atoms with E-state index in [1.54, 1.807) is 40.9 Å². The quantitative estimate of drug-likeness (QED) is 0.205. The Bertz CT molecular complexity index is 2570. The summed E-state index contributed by atoms with van der Waals surface area (Å²) in [6.07, 6.45) is 0. The van der Waals surface area contributed by atoms with E-state index < -0.39 is 0 Å². The van der Waals surface area contributed by atoms with Crippen molar-refractivity contribution in [3.63, 3.8) is 0 Å². The average molecular weight is 594 g/mol. The zero-order valence-corrected chi connectivity index (χ0v) is 24.8. The van der Waals surface area contributed by atoms with Gasteiger partial charge in [-0.25, -0.2) is 0 Å². The van der Waals surface area contributed by atoms with E-state index in [2.05, 4.69) is 84.9 Å². The first kappa shape index (κ1) is 25.9. The molecule has 2 aromatic heterocycles. The van der Waals surface area contributed by atoms with Crippen molar-refractivity contribution in [1.82, 2.24) is 0 Å². The maximum absolute atomic E-state index is 10.8. The predicted octanol–water partition coefficient (Wildman–Crippen LogP) is 11.0. The molecule has 0 aliphatic heterocycles. The summed E-state index contributed by atoms with van der Waals surface area (Å²) in [5.41, 5.74) is 6.15. The minimum atomic E-state index is 0.422. The first-order valence-corrected chi connectivity index (χ1v) is 15.7. The lowest BCUT2D eigenvalue weighted by atomic mass is 9.86. The molecule has 0 fully saturated rings. The van der Waals surface area contributed by atoms with Crippen LogP contribution in [0, 0.1) is 34.0 Å². The minimum Gasteiger partial charge on any atom is -0.192 e. The van der Waals surface area contributed by atoms with E-state index in [1.165, 1.54) is 25.6 Å². The van der Waals surface area contributed by atoms with Gasteiger partial charge >= 0.3 is 0 Å². The van der Waals surface area contributed by atoms with E-state index in [0.717, 1.165) is 42.6 Å². The molecule has 8 aromatic rings. The van der Waals surface area contributed by atoms with E-state index in [1.807, 2.05) is 30.3 Å². The van der Waals surface area contributed by atoms with Crippen LogP contribution in [0.25, 0.3) is 73.7 Å². The lowest BCUT2D eigenvalue weighted by molar-refractivity contribution is 1.43. The second-order valence-electron chi connectivity index (χ2n) is 10.6. The largest absolute Gasteiger partial charge is 0.192 e. The highest BCUT2D eigenvalue weighted by Crippen LogP contribution is 2.45. The van der Waals surface area contributed by atoms with Crippen molar-refractivity contribution >= 4 is 63.0 Å². The molecule has 0 amide bonds. The topological polar surface area (TPSA) is 71.4 Å². The second-order valence-corrected chi connectivity index (χ2v) is 12.7. The Labute approximate surface area is 261 Å². The molecule has 0 radical (unpaired) electrons. The first-order chi connectivity index (χ1) is 21.7. The molecule has 0 saturated carbocycles. The van der Waals surface area contributed by atoms with Crippen LogP contribution in [0.2, 0.25) is 0 Å². The molecule has 6 aromatic carbocycles. The molecule has 0 saturated heterocycles. The summed E-state index contributed by atoms with van der Waals surface area (Å²) in [5.74, 6) is 0. The number of hydrogen-bond donors (Lipinski definition) is 0. The number of fused-ring (bicyclic) bond motifs is 6. The van der Waals surface area contributed by atoms with Crippen LogP contribution in [0.3, 0.4) is 0 Å². The van der Waals surface area contributed by atoms with Gasteiger partial charge in [0.25, 0.3) is 0 Å². The van der Waals surface area contributed by atoms with Crippen LogP contribution < -0.4 is 0 Å². The van der Waals surface area contributed by atoms with Crippen molar-refractivity contribution in [1.29, 1.82) is 15.8 Å². The number of hydrogen-bond acceptors (Lipinski definition) is 5. The fourth-order valence-corrected chi connectivity index (χ4v) is 8.63. The fraction of sp³-hybridized carbons (Fsp3) is 0. The van der Waals surface area contributed by atoms with Gasteiger partial charge in [0.2, 0.25) is 0 Å². The Kier molecular flexibility index (Phi) is 6.00. The number of benzene rings is 6. The molecular weight excluding hydrogens is 575 g/mol. The average Bonchev–Trinajstić information content (AvgIpc) is 3.65. The van der Waals surface area contributed by atoms with Gasteiger partial charge in [0, 0.05) is 62.6 Å². The Hall–Kier alpha value is -5.77. The molecule has 0 aliphatic carbocycles. The number of rotatable bonds is 3. The van der Waals surface area contributed by atoms with E-state index in [4.69, 9.17) is 0 Å². The molecule has 8 rings (SSSR count). The van der Waals surface area contributed by atoms with Gasteiger partial charge in [-0.2, -0.15) is 15.8 Å². The lowest BCUT2D eigenvalue weighted by Crippen LogP contribution is -1.96. The van der Waals surface area contributed by atoms with Crippen molar-refractivity contribution in [2.45, 2.75) is 0 Å². The number of nitrogens with zero attached hydrogens (tertiary/aromatic N) is 3. The fourth-order valence-electron chi connectivity index (χ4n) is 6.25. The van der Waals surface area contributed by atoms with E-state index in [-0.39, 0.29) is 0 Å². The van der Waals surface area contributed by atoms with Gasteiger partial charge < -0.3 is 0 Å². The molecule has 2 heterocycles. The van der Waals surface area contributed by atoms with Crippen molar-refractivity contribution in [3.05, 3.63) is 132 Å². The zero-order chi connectivity index (χ0) is 29.8. The first-order valence-electron chi connectivity index (χ1n) is 14.0. The Balaban J connectivity index is 1.48. The van der Waals surface area contributed by atoms with Crippen LogP contribution in [0.1, 0.15) is 16.7 Å².